The average Bonchev–Trinajstić information content (AvgIpc) is 3.44. The Kier molecular flexibility index (Phi) is 5.25. The number of benzene rings is 1. The fourth-order valence-corrected chi connectivity index (χ4v) is 6.96. The lowest BCUT2D eigenvalue weighted by atomic mass is 9.68. The van der Waals surface area contributed by atoms with E-state index in [1.165, 1.54) is 50.7 Å². The van der Waals surface area contributed by atoms with Gasteiger partial charge in [-0.1, -0.05) is 30.7 Å². The minimum absolute atomic E-state index is 0.142. The maximum atomic E-state index is 11.0. The van der Waals surface area contributed by atoms with Gasteiger partial charge in [-0.2, -0.15) is 0 Å². The Morgan fingerprint density at radius 2 is 2.00 bits per heavy atom. The Bertz CT molecular complexity index is 1190. The monoisotopic (exact) mass is 511 g/mol. The van der Waals surface area contributed by atoms with Crippen LogP contribution in [0.25, 0.3) is 11.0 Å². The number of nitrogen functional groups attached to an aromatic ring is 1. The van der Waals surface area contributed by atoms with Gasteiger partial charge in [0, 0.05) is 29.7 Å². The molecule has 6 rings (SSSR count). The van der Waals surface area contributed by atoms with Crippen molar-refractivity contribution in [3.63, 3.8) is 0 Å². The van der Waals surface area contributed by atoms with Crippen molar-refractivity contribution in [1.29, 1.82) is 0 Å². The van der Waals surface area contributed by atoms with E-state index in [4.69, 9.17) is 5.73 Å². The number of rotatable bonds is 4. The van der Waals surface area contributed by atoms with Gasteiger partial charge in [0.2, 0.25) is 0 Å². The summed E-state index contributed by atoms with van der Waals surface area (Å²) in [5.74, 6) is 0.255. The molecule has 3 fully saturated rings. The summed E-state index contributed by atoms with van der Waals surface area (Å²) in [5.41, 5.74) is 9.68. The maximum Gasteiger partial charge on any atom is 0.146 e. The van der Waals surface area contributed by atoms with Gasteiger partial charge in [-0.3, -0.25) is 4.90 Å². The SMILES string of the molecule is Nc1ncnc2c1c(Br)cn2[C@@H]1C[C@H](c2cccc(CN3CCC4(CCC4)C3)c2)[C@@H](O)[C@H]1O. The summed E-state index contributed by atoms with van der Waals surface area (Å²) < 4.78 is 2.72. The molecule has 4 N–H and O–H groups in total. The van der Waals surface area contributed by atoms with E-state index in [1.54, 1.807) is 0 Å². The highest BCUT2D eigenvalue weighted by Gasteiger charge is 2.44. The third-order valence-corrected chi connectivity index (χ3v) is 8.92. The number of aliphatic hydroxyl groups excluding tert-OH is 2. The summed E-state index contributed by atoms with van der Waals surface area (Å²) in [6, 6.07) is 8.27. The molecule has 0 radical (unpaired) electrons. The zero-order chi connectivity index (χ0) is 22.7. The third kappa shape index (κ3) is 3.58. The molecule has 1 saturated heterocycles. The highest BCUT2D eigenvalue weighted by atomic mass is 79.9. The molecule has 1 aliphatic heterocycles. The quantitative estimate of drug-likeness (QED) is 0.494. The number of likely N-dealkylation sites (tertiary alicyclic amines) is 1. The van der Waals surface area contributed by atoms with Gasteiger partial charge in [0.25, 0.3) is 0 Å². The van der Waals surface area contributed by atoms with Crippen LogP contribution in [0, 0.1) is 5.41 Å². The van der Waals surface area contributed by atoms with E-state index in [9.17, 15) is 10.2 Å². The molecule has 0 unspecified atom stereocenters. The van der Waals surface area contributed by atoms with Crippen LogP contribution in [0.2, 0.25) is 0 Å². The number of hydrogen-bond acceptors (Lipinski definition) is 6. The first-order chi connectivity index (χ1) is 15.9. The number of nitrogens with two attached hydrogens (primary N) is 1. The van der Waals surface area contributed by atoms with Crippen molar-refractivity contribution in [2.45, 2.75) is 62.8 Å². The smallest absolute Gasteiger partial charge is 0.146 e. The molecule has 0 bridgehead atoms. The molecule has 2 saturated carbocycles. The van der Waals surface area contributed by atoms with Gasteiger partial charge < -0.3 is 20.5 Å². The first-order valence-electron chi connectivity index (χ1n) is 11.9. The molecule has 2 aromatic heterocycles. The van der Waals surface area contributed by atoms with Crippen LogP contribution < -0.4 is 5.73 Å². The van der Waals surface area contributed by atoms with Gasteiger partial charge in [-0.15, -0.1) is 0 Å². The van der Waals surface area contributed by atoms with Crippen molar-refractivity contribution in [3.8, 4) is 0 Å². The highest BCUT2D eigenvalue weighted by Crippen LogP contribution is 2.48. The van der Waals surface area contributed by atoms with Gasteiger partial charge in [-0.05, 0) is 64.7 Å². The third-order valence-electron chi connectivity index (χ3n) is 8.32. The van der Waals surface area contributed by atoms with Gasteiger partial charge in [0.15, 0.2) is 0 Å². The van der Waals surface area contributed by atoms with Crippen LogP contribution in [0.5, 0.6) is 0 Å². The molecule has 3 heterocycles. The van der Waals surface area contributed by atoms with Gasteiger partial charge in [-0.25, -0.2) is 9.97 Å². The summed E-state index contributed by atoms with van der Waals surface area (Å²) >= 11 is 3.55. The summed E-state index contributed by atoms with van der Waals surface area (Å²) in [4.78, 5) is 11.1. The first-order valence-corrected chi connectivity index (χ1v) is 12.7. The number of nitrogens with zero attached hydrogens (tertiary/aromatic N) is 4. The minimum atomic E-state index is -0.894. The lowest BCUT2D eigenvalue weighted by Crippen LogP contribution is -2.32. The van der Waals surface area contributed by atoms with E-state index < -0.39 is 12.2 Å². The van der Waals surface area contributed by atoms with E-state index in [0.29, 0.717) is 23.3 Å². The summed E-state index contributed by atoms with van der Waals surface area (Å²) in [7, 11) is 0. The molecule has 7 nitrogen and oxygen atoms in total. The second-order valence-electron chi connectivity index (χ2n) is 10.3. The van der Waals surface area contributed by atoms with Gasteiger partial charge in [0.05, 0.1) is 17.5 Å². The highest BCUT2D eigenvalue weighted by molar-refractivity contribution is 9.10. The van der Waals surface area contributed by atoms with Crippen molar-refractivity contribution >= 4 is 32.8 Å². The molecule has 174 valence electrons. The number of aliphatic hydroxyl groups is 2. The Morgan fingerprint density at radius 1 is 1.15 bits per heavy atom. The fourth-order valence-electron chi connectivity index (χ4n) is 6.36. The van der Waals surface area contributed by atoms with E-state index in [-0.39, 0.29) is 12.0 Å². The van der Waals surface area contributed by atoms with E-state index >= 15 is 0 Å². The van der Waals surface area contributed by atoms with Crippen LogP contribution in [0.4, 0.5) is 5.82 Å². The Hall–Kier alpha value is -2.00. The van der Waals surface area contributed by atoms with Crippen LogP contribution in [0.15, 0.2) is 41.3 Å². The van der Waals surface area contributed by atoms with Crippen molar-refractivity contribution in [3.05, 3.63) is 52.4 Å². The predicted octanol–water partition coefficient (Wildman–Crippen LogP) is 3.60. The molecule has 1 aromatic carbocycles. The lowest BCUT2D eigenvalue weighted by molar-refractivity contribution is 0.0178. The van der Waals surface area contributed by atoms with Crippen molar-refractivity contribution < 1.29 is 10.2 Å². The molecule has 0 amide bonds. The molecule has 2 aliphatic carbocycles. The van der Waals surface area contributed by atoms with Gasteiger partial charge in [0.1, 0.15) is 23.9 Å². The van der Waals surface area contributed by atoms with Crippen LogP contribution >= 0.6 is 15.9 Å². The van der Waals surface area contributed by atoms with E-state index in [1.807, 2.05) is 10.8 Å². The van der Waals surface area contributed by atoms with Crippen molar-refractivity contribution in [2.24, 2.45) is 5.41 Å². The number of hydrogen-bond donors (Lipinski definition) is 3. The summed E-state index contributed by atoms with van der Waals surface area (Å²) in [6.45, 7) is 3.35. The largest absolute Gasteiger partial charge is 0.390 e. The van der Waals surface area contributed by atoms with Crippen molar-refractivity contribution in [2.75, 3.05) is 18.8 Å². The Labute approximate surface area is 201 Å². The molecular weight excluding hydrogens is 482 g/mol. The molecule has 1 spiro atoms. The minimum Gasteiger partial charge on any atom is -0.390 e. The molecule has 3 aliphatic rings. The second kappa shape index (κ2) is 8.05. The number of anilines is 1. The topological polar surface area (TPSA) is 100 Å². The van der Waals surface area contributed by atoms with Crippen LogP contribution in [0.3, 0.4) is 0 Å². The summed E-state index contributed by atoms with van der Waals surface area (Å²) in [5, 5.41) is 22.8. The normalized spacial score (nSPS) is 29.2. The number of aromatic nitrogens is 3. The fraction of sp³-hybridized carbons (Fsp3) is 0.520. The van der Waals surface area contributed by atoms with Crippen LogP contribution in [-0.4, -0.2) is 54.9 Å². The zero-order valence-corrected chi connectivity index (χ0v) is 20.2. The first kappa shape index (κ1) is 21.5. The Morgan fingerprint density at radius 3 is 2.76 bits per heavy atom. The van der Waals surface area contributed by atoms with Crippen LogP contribution in [0.1, 0.15) is 55.2 Å². The molecular formula is C25H30BrN5O2. The zero-order valence-electron chi connectivity index (χ0n) is 18.6. The molecule has 3 aromatic rings. The standard InChI is InChI=1S/C25H30BrN5O2/c26-18-12-31(24-20(18)23(27)28-14-29-24)19-10-17(21(32)22(19)33)16-4-1-3-15(9-16)11-30-8-7-25(13-30)5-2-6-25/h1,3-4,9,12,14,17,19,21-22,32-33H,2,5-8,10-11,13H2,(H2,27,28,29)/t17-,19-,21-,22+/m1/s1. The molecule has 33 heavy (non-hydrogen) atoms. The van der Waals surface area contributed by atoms with E-state index in [2.05, 4.69) is 55.1 Å². The number of fused-ring (bicyclic) bond motifs is 1. The Balaban J connectivity index is 1.24. The molecule has 4 atom stereocenters. The average molecular weight is 512 g/mol. The van der Waals surface area contributed by atoms with Crippen LogP contribution in [-0.2, 0) is 6.54 Å². The lowest BCUT2D eigenvalue weighted by Gasteiger charge is -2.38. The summed E-state index contributed by atoms with van der Waals surface area (Å²) in [6.07, 6.45) is 7.70. The van der Waals surface area contributed by atoms with Gasteiger partial charge >= 0.3 is 0 Å². The predicted molar refractivity (Wildman–Crippen MR) is 131 cm³/mol. The number of halogens is 1. The second-order valence-corrected chi connectivity index (χ2v) is 11.1. The van der Waals surface area contributed by atoms with E-state index in [0.717, 1.165) is 22.0 Å². The maximum absolute atomic E-state index is 11.0. The van der Waals surface area contributed by atoms with Crippen molar-refractivity contribution in [1.82, 2.24) is 19.4 Å². The molecule has 8 heteroatoms.